The van der Waals surface area contributed by atoms with Crippen LogP contribution >= 0.6 is 0 Å². The first-order valence-electron chi connectivity index (χ1n) is 9.57. The lowest BCUT2D eigenvalue weighted by Gasteiger charge is -2.12. The molecule has 0 aliphatic rings. The smallest absolute Gasteiger partial charge is 0.335 e. The normalized spacial score (nSPS) is 10.8. The van der Waals surface area contributed by atoms with Crippen molar-refractivity contribution >= 4 is 40.2 Å². The van der Waals surface area contributed by atoms with E-state index in [9.17, 15) is 14.4 Å². The number of benzene rings is 2. The molecule has 0 fully saturated rings. The van der Waals surface area contributed by atoms with Gasteiger partial charge in [-0.15, -0.1) is 0 Å². The molecular formula is C22H23N5O4. The monoisotopic (exact) mass is 421 g/mol. The molecule has 1 aromatic heterocycles. The number of nitrogens with two attached hydrogens (primary N) is 1. The van der Waals surface area contributed by atoms with Crippen molar-refractivity contribution in [1.29, 1.82) is 5.41 Å². The van der Waals surface area contributed by atoms with E-state index in [1.165, 1.54) is 24.3 Å². The van der Waals surface area contributed by atoms with Gasteiger partial charge >= 0.3 is 5.97 Å². The van der Waals surface area contributed by atoms with Crippen molar-refractivity contribution in [2.75, 3.05) is 5.32 Å². The molecule has 0 saturated carbocycles. The summed E-state index contributed by atoms with van der Waals surface area (Å²) in [5.41, 5.74) is 7.57. The van der Waals surface area contributed by atoms with Crippen molar-refractivity contribution in [3.05, 3.63) is 65.4 Å². The highest BCUT2D eigenvalue weighted by Gasteiger charge is 2.19. The number of carbonyl (C=O) groups is 3. The summed E-state index contributed by atoms with van der Waals surface area (Å²) in [5.74, 6) is -1.90. The van der Waals surface area contributed by atoms with Gasteiger partial charge in [0.05, 0.1) is 16.6 Å². The third kappa shape index (κ3) is 4.72. The number of fused-ring (bicyclic) bond motifs is 1. The van der Waals surface area contributed by atoms with Crippen LogP contribution in [0.5, 0.6) is 0 Å². The van der Waals surface area contributed by atoms with Gasteiger partial charge in [0.15, 0.2) is 0 Å². The van der Waals surface area contributed by atoms with Gasteiger partial charge in [-0.25, -0.2) is 4.79 Å². The molecule has 2 aromatic carbocycles. The van der Waals surface area contributed by atoms with Crippen LogP contribution in [0.4, 0.5) is 5.69 Å². The summed E-state index contributed by atoms with van der Waals surface area (Å²) in [6.45, 7) is 3.57. The van der Waals surface area contributed by atoms with Crippen LogP contribution < -0.4 is 16.4 Å². The van der Waals surface area contributed by atoms with Crippen molar-refractivity contribution in [1.82, 2.24) is 9.88 Å². The lowest BCUT2D eigenvalue weighted by atomic mass is 10.1. The number of amides is 2. The van der Waals surface area contributed by atoms with E-state index in [1.807, 2.05) is 13.8 Å². The number of aromatic carboxylic acids is 1. The maximum absolute atomic E-state index is 12.7. The fraction of sp³-hybridized carbons (Fsp3) is 0.182. The van der Waals surface area contributed by atoms with Crippen LogP contribution in [-0.4, -0.2) is 39.3 Å². The van der Waals surface area contributed by atoms with Crippen LogP contribution in [-0.2, 0) is 11.3 Å². The number of nitrogen functional groups attached to an aromatic ring is 1. The van der Waals surface area contributed by atoms with E-state index in [4.69, 9.17) is 16.2 Å². The van der Waals surface area contributed by atoms with E-state index in [0.717, 1.165) is 0 Å². The van der Waals surface area contributed by atoms with Gasteiger partial charge in [0.2, 0.25) is 5.91 Å². The fourth-order valence-corrected chi connectivity index (χ4v) is 3.27. The quantitative estimate of drug-likeness (QED) is 0.293. The van der Waals surface area contributed by atoms with Crippen LogP contribution in [0.25, 0.3) is 10.9 Å². The van der Waals surface area contributed by atoms with Gasteiger partial charge in [0.1, 0.15) is 12.4 Å². The predicted octanol–water partition coefficient (Wildman–Crippen LogP) is 2.40. The zero-order valence-corrected chi connectivity index (χ0v) is 17.1. The van der Waals surface area contributed by atoms with E-state index in [0.29, 0.717) is 27.7 Å². The SMILES string of the molecule is CC(C)NC(=O)c1cccc2c(C(=N)N)cn(CC(=O)Nc3ccc(C(=O)O)cc3)c12. The van der Waals surface area contributed by atoms with Crippen molar-refractivity contribution in [2.24, 2.45) is 5.73 Å². The molecule has 160 valence electrons. The Morgan fingerprint density at radius 2 is 1.77 bits per heavy atom. The van der Waals surface area contributed by atoms with Crippen LogP contribution in [0, 0.1) is 5.41 Å². The number of aromatic nitrogens is 1. The Hall–Kier alpha value is -4.14. The Kier molecular flexibility index (Phi) is 6.05. The molecule has 3 rings (SSSR count). The van der Waals surface area contributed by atoms with Crippen molar-refractivity contribution in [3.63, 3.8) is 0 Å². The lowest BCUT2D eigenvalue weighted by molar-refractivity contribution is -0.116. The lowest BCUT2D eigenvalue weighted by Crippen LogP contribution is -2.30. The second-order valence-electron chi connectivity index (χ2n) is 7.34. The number of para-hydroxylation sites is 1. The molecule has 9 heteroatoms. The molecule has 9 nitrogen and oxygen atoms in total. The molecule has 0 unspecified atom stereocenters. The summed E-state index contributed by atoms with van der Waals surface area (Å²) in [6, 6.07) is 10.8. The average Bonchev–Trinajstić information content (AvgIpc) is 3.06. The first kappa shape index (κ1) is 21.6. The number of carboxylic acid groups (broad SMARTS) is 1. The molecule has 0 atom stereocenters. The highest BCUT2D eigenvalue weighted by atomic mass is 16.4. The zero-order chi connectivity index (χ0) is 22.7. The summed E-state index contributed by atoms with van der Waals surface area (Å²) >= 11 is 0. The van der Waals surface area contributed by atoms with E-state index in [1.54, 1.807) is 29.0 Å². The van der Waals surface area contributed by atoms with E-state index >= 15 is 0 Å². The summed E-state index contributed by atoms with van der Waals surface area (Å²) in [6.07, 6.45) is 1.58. The standard InChI is InChI=1S/C22H23N5O4/c1-12(2)25-21(29)16-5-3-4-15-17(20(23)24)10-27(19(15)16)11-18(28)26-14-8-6-13(7-9-14)22(30)31/h3-10,12H,11H2,1-2H3,(H3,23,24)(H,25,29)(H,26,28)(H,30,31). The minimum Gasteiger partial charge on any atom is -0.478 e. The first-order valence-corrected chi connectivity index (χ1v) is 9.57. The highest BCUT2D eigenvalue weighted by molar-refractivity contribution is 6.13. The van der Waals surface area contributed by atoms with Gasteiger partial charge in [0.25, 0.3) is 5.91 Å². The number of carbonyl (C=O) groups excluding carboxylic acids is 2. The summed E-state index contributed by atoms with van der Waals surface area (Å²) in [4.78, 5) is 36.3. The van der Waals surface area contributed by atoms with Gasteiger partial charge in [-0.2, -0.15) is 0 Å². The molecule has 31 heavy (non-hydrogen) atoms. The van der Waals surface area contributed by atoms with Crippen molar-refractivity contribution in [3.8, 4) is 0 Å². The van der Waals surface area contributed by atoms with Crippen LogP contribution in [0.15, 0.2) is 48.7 Å². The minimum atomic E-state index is -1.05. The van der Waals surface area contributed by atoms with E-state index in [2.05, 4.69) is 10.6 Å². The number of nitrogens with one attached hydrogen (secondary N) is 3. The fourth-order valence-electron chi connectivity index (χ4n) is 3.27. The zero-order valence-electron chi connectivity index (χ0n) is 17.1. The van der Waals surface area contributed by atoms with Gasteiger partial charge in [-0.3, -0.25) is 15.0 Å². The summed E-state index contributed by atoms with van der Waals surface area (Å²) in [5, 5.41) is 23.0. The number of anilines is 1. The second-order valence-corrected chi connectivity index (χ2v) is 7.34. The summed E-state index contributed by atoms with van der Waals surface area (Å²) < 4.78 is 1.59. The molecule has 0 spiro atoms. The van der Waals surface area contributed by atoms with E-state index < -0.39 is 5.97 Å². The maximum atomic E-state index is 12.7. The molecule has 3 aromatic rings. The second kappa shape index (κ2) is 8.70. The number of rotatable bonds is 7. The molecule has 1 heterocycles. The Bertz CT molecular complexity index is 1180. The van der Waals surface area contributed by atoms with Crippen LogP contribution in [0.1, 0.15) is 40.1 Å². The molecule has 2 amide bonds. The Balaban J connectivity index is 1.94. The molecule has 0 radical (unpaired) electrons. The molecule has 6 N–H and O–H groups in total. The molecule has 0 bridgehead atoms. The number of hydrogen-bond acceptors (Lipinski definition) is 4. The third-order valence-corrected chi connectivity index (χ3v) is 4.58. The van der Waals surface area contributed by atoms with Gasteiger partial charge in [0, 0.05) is 28.9 Å². The van der Waals surface area contributed by atoms with Crippen molar-refractivity contribution < 1.29 is 19.5 Å². The van der Waals surface area contributed by atoms with Gasteiger partial charge in [-0.05, 0) is 44.2 Å². The predicted molar refractivity (Wildman–Crippen MR) is 118 cm³/mol. The van der Waals surface area contributed by atoms with Crippen LogP contribution in [0.3, 0.4) is 0 Å². The Morgan fingerprint density at radius 1 is 1.10 bits per heavy atom. The minimum absolute atomic E-state index is 0.0736. The van der Waals surface area contributed by atoms with Gasteiger partial charge < -0.3 is 26.0 Å². The van der Waals surface area contributed by atoms with Gasteiger partial charge in [-0.1, -0.05) is 12.1 Å². The van der Waals surface area contributed by atoms with Crippen LogP contribution in [0.2, 0.25) is 0 Å². The maximum Gasteiger partial charge on any atom is 0.335 e. The number of nitrogens with zero attached hydrogens (tertiary/aromatic N) is 1. The molecule has 0 aliphatic heterocycles. The number of carboxylic acids is 1. The molecule has 0 saturated heterocycles. The topological polar surface area (TPSA) is 150 Å². The number of hydrogen-bond donors (Lipinski definition) is 5. The largest absolute Gasteiger partial charge is 0.478 e. The number of amidine groups is 1. The highest BCUT2D eigenvalue weighted by Crippen LogP contribution is 2.25. The first-order chi connectivity index (χ1) is 14.7. The Morgan fingerprint density at radius 3 is 2.35 bits per heavy atom. The molecule has 0 aliphatic carbocycles. The molecular weight excluding hydrogens is 398 g/mol. The summed E-state index contributed by atoms with van der Waals surface area (Å²) in [7, 11) is 0. The van der Waals surface area contributed by atoms with Crippen molar-refractivity contribution in [2.45, 2.75) is 26.4 Å². The average molecular weight is 421 g/mol. The Labute approximate surface area is 178 Å². The van der Waals surface area contributed by atoms with E-state index in [-0.39, 0.29) is 35.8 Å². The third-order valence-electron chi connectivity index (χ3n) is 4.58.